The van der Waals surface area contributed by atoms with Crippen molar-refractivity contribution < 1.29 is 0 Å². The molecule has 2 saturated heterocycles. The molecule has 3 unspecified atom stereocenters. The van der Waals surface area contributed by atoms with Crippen LogP contribution in [0.4, 0.5) is 0 Å². The Morgan fingerprint density at radius 3 is 3.09 bits per heavy atom. The SMILES string of the molecule is O=NC1NCN2CNCN1C2. The molecule has 0 aromatic carbocycles. The zero-order valence-corrected chi connectivity index (χ0v) is 6.16. The molecule has 2 bridgehead atoms. The van der Waals surface area contributed by atoms with E-state index in [-0.39, 0.29) is 6.29 Å². The van der Waals surface area contributed by atoms with E-state index >= 15 is 0 Å². The van der Waals surface area contributed by atoms with E-state index in [0.717, 1.165) is 26.7 Å². The fourth-order valence-electron chi connectivity index (χ4n) is 1.42. The van der Waals surface area contributed by atoms with Crippen LogP contribution >= 0.6 is 0 Å². The zero-order chi connectivity index (χ0) is 7.68. The summed E-state index contributed by atoms with van der Waals surface area (Å²) in [5, 5.41) is 9.13. The van der Waals surface area contributed by atoms with Gasteiger partial charge in [-0.15, -0.1) is 4.91 Å². The van der Waals surface area contributed by atoms with Crippen LogP contribution in [0.3, 0.4) is 0 Å². The predicted molar refractivity (Wildman–Crippen MR) is 39.0 cm³/mol. The average molecular weight is 157 g/mol. The van der Waals surface area contributed by atoms with Crippen LogP contribution in [0.2, 0.25) is 0 Å². The highest BCUT2D eigenvalue weighted by atomic mass is 16.3. The quantitative estimate of drug-likeness (QED) is 0.462. The maximum absolute atomic E-state index is 10.3. The first-order chi connectivity index (χ1) is 5.40. The summed E-state index contributed by atoms with van der Waals surface area (Å²) in [6.45, 7) is 3.19. The molecule has 0 aromatic heterocycles. The largest absolute Gasteiger partial charge is 0.291 e. The summed E-state index contributed by atoms with van der Waals surface area (Å²) in [7, 11) is 0. The van der Waals surface area contributed by atoms with Crippen molar-refractivity contribution in [2.24, 2.45) is 5.18 Å². The molecular weight excluding hydrogens is 146 g/mol. The molecule has 0 amide bonds. The van der Waals surface area contributed by atoms with Gasteiger partial charge in [-0.1, -0.05) is 0 Å². The van der Waals surface area contributed by atoms with Crippen molar-refractivity contribution in [2.45, 2.75) is 6.29 Å². The number of hydrogen-bond acceptors (Lipinski definition) is 6. The molecule has 0 spiro atoms. The number of hydrogen-bond donors (Lipinski definition) is 2. The summed E-state index contributed by atoms with van der Waals surface area (Å²) < 4.78 is 0. The van der Waals surface area contributed by atoms with E-state index in [4.69, 9.17) is 0 Å². The lowest BCUT2D eigenvalue weighted by Gasteiger charge is -2.43. The zero-order valence-electron chi connectivity index (χ0n) is 6.16. The van der Waals surface area contributed by atoms with Crippen molar-refractivity contribution >= 4 is 0 Å². The van der Waals surface area contributed by atoms with Gasteiger partial charge in [0.25, 0.3) is 0 Å². The molecule has 0 saturated carbocycles. The van der Waals surface area contributed by atoms with Gasteiger partial charge in [-0.2, -0.15) is 0 Å². The first-order valence-corrected chi connectivity index (χ1v) is 3.63. The fourth-order valence-corrected chi connectivity index (χ4v) is 1.42. The normalized spacial score (nSPS) is 43.5. The molecule has 2 fully saturated rings. The van der Waals surface area contributed by atoms with Gasteiger partial charge >= 0.3 is 0 Å². The average Bonchev–Trinajstić information content (AvgIpc) is 2.06. The number of nitrogens with one attached hydrogen (secondary N) is 2. The summed E-state index contributed by atoms with van der Waals surface area (Å²) in [5.74, 6) is 0. The second-order valence-corrected chi connectivity index (χ2v) is 2.81. The second-order valence-electron chi connectivity index (χ2n) is 2.81. The molecule has 2 rings (SSSR count). The van der Waals surface area contributed by atoms with Crippen LogP contribution in [-0.2, 0) is 0 Å². The number of fused-ring (bicyclic) bond motifs is 2. The predicted octanol–water partition coefficient (Wildman–Crippen LogP) is -1.32. The maximum Gasteiger partial charge on any atom is 0.201 e. The van der Waals surface area contributed by atoms with Crippen LogP contribution in [0.1, 0.15) is 0 Å². The van der Waals surface area contributed by atoms with Crippen LogP contribution in [0.25, 0.3) is 0 Å². The monoisotopic (exact) mass is 157 g/mol. The van der Waals surface area contributed by atoms with Gasteiger partial charge in [0.15, 0.2) is 0 Å². The lowest BCUT2D eigenvalue weighted by molar-refractivity contribution is -0.0287. The standard InChI is InChI=1S/C5H11N5O/c11-8-5-7-3-9-1-6-2-10(5)4-9/h5-7H,1-4H2. The van der Waals surface area contributed by atoms with Crippen LogP contribution < -0.4 is 10.6 Å². The summed E-state index contributed by atoms with van der Waals surface area (Å²) in [4.78, 5) is 14.4. The molecule has 0 radical (unpaired) electrons. The molecule has 2 aliphatic rings. The van der Waals surface area contributed by atoms with E-state index in [1.165, 1.54) is 0 Å². The maximum atomic E-state index is 10.3. The van der Waals surface area contributed by atoms with Crippen molar-refractivity contribution in [1.82, 2.24) is 20.4 Å². The van der Waals surface area contributed by atoms with Gasteiger partial charge < -0.3 is 0 Å². The van der Waals surface area contributed by atoms with Gasteiger partial charge in [0, 0.05) is 0 Å². The van der Waals surface area contributed by atoms with Gasteiger partial charge in [-0.3, -0.25) is 15.5 Å². The number of nitrogens with zero attached hydrogens (tertiary/aromatic N) is 3. The molecule has 0 aliphatic carbocycles. The molecule has 62 valence electrons. The van der Waals surface area contributed by atoms with Gasteiger partial charge in [-0.25, -0.2) is 4.90 Å². The van der Waals surface area contributed by atoms with Gasteiger partial charge in [0.05, 0.1) is 26.7 Å². The van der Waals surface area contributed by atoms with Crippen molar-refractivity contribution in [3.63, 3.8) is 0 Å². The third-order valence-electron chi connectivity index (χ3n) is 1.98. The molecule has 2 N–H and O–H groups in total. The Labute approximate surface area is 64.5 Å². The highest BCUT2D eigenvalue weighted by Crippen LogP contribution is 2.07. The highest BCUT2D eigenvalue weighted by molar-refractivity contribution is 4.75. The van der Waals surface area contributed by atoms with Gasteiger partial charge in [0.2, 0.25) is 6.29 Å². The van der Waals surface area contributed by atoms with Crippen LogP contribution in [0, 0.1) is 4.91 Å². The highest BCUT2D eigenvalue weighted by Gasteiger charge is 2.29. The Hall–Kier alpha value is -0.560. The first-order valence-electron chi connectivity index (χ1n) is 3.63. The van der Waals surface area contributed by atoms with Gasteiger partial charge in [0.1, 0.15) is 0 Å². The van der Waals surface area contributed by atoms with Crippen LogP contribution in [0.15, 0.2) is 5.18 Å². The minimum absolute atomic E-state index is 0.348. The minimum atomic E-state index is -0.348. The Kier molecular flexibility index (Phi) is 1.82. The molecule has 6 heteroatoms. The van der Waals surface area contributed by atoms with E-state index in [1.54, 1.807) is 0 Å². The van der Waals surface area contributed by atoms with E-state index in [2.05, 4.69) is 20.7 Å². The summed E-state index contributed by atoms with van der Waals surface area (Å²) in [5.41, 5.74) is 0. The molecule has 6 nitrogen and oxygen atoms in total. The molecule has 0 aromatic rings. The number of rotatable bonds is 1. The Balaban J connectivity index is 2.02. The van der Waals surface area contributed by atoms with Crippen molar-refractivity contribution in [1.29, 1.82) is 0 Å². The van der Waals surface area contributed by atoms with E-state index in [1.807, 2.05) is 4.90 Å². The third-order valence-corrected chi connectivity index (χ3v) is 1.98. The smallest absolute Gasteiger partial charge is 0.201 e. The minimum Gasteiger partial charge on any atom is -0.291 e. The first kappa shape index (κ1) is 7.11. The summed E-state index contributed by atoms with van der Waals surface area (Å²) in [6.07, 6.45) is -0.348. The van der Waals surface area contributed by atoms with Crippen LogP contribution in [-0.4, -0.2) is 42.8 Å². The number of nitroso groups, excluding NO2 is 1. The van der Waals surface area contributed by atoms with E-state index < -0.39 is 0 Å². The molecule has 2 aliphatic heterocycles. The lowest BCUT2D eigenvalue weighted by Crippen LogP contribution is -2.66. The Morgan fingerprint density at radius 1 is 1.36 bits per heavy atom. The molecule has 3 atom stereocenters. The molecular formula is C5H11N5O. The van der Waals surface area contributed by atoms with E-state index in [9.17, 15) is 4.91 Å². The van der Waals surface area contributed by atoms with Crippen molar-refractivity contribution in [3.8, 4) is 0 Å². The fraction of sp³-hybridized carbons (Fsp3) is 1.00. The Morgan fingerprint density at radius 2 is 2.27 bits per heavy atom. The third kappa shape index (κ3) is 1.25. The lowest BCUT2D eigenvalue weighted by atomic mass is 10.5. The second kappa shape index (κ2) is 2.82. The van der Waals surface area contributed by atoms with Crippen molar-refractivity contribution in [2.75, 3.05) is 26.7 Å². The van der Waals surface area contributed by atoms with E-state index in [0.29, 0.717) is 0 Å². The van der Waals surface area contributed by atoms with Gasteiger partial charge in [-0.05, 0) is 5.18 Å². The summed E-state index contributed by atoms with van der Waals surface area (Å²) in [6, 6.07) is 0. The topological polar surface area (TPSA) is 60.0 Å². The molecule has 11 heavy (non-hydrogen) atoms. The molecule has 2 heterocycles. The van der Waals surface area contributed by atoms with Crippen molar-refractivity contribution in [3.05, 3.63) is 4.91 Å². The summed E-state index contributed by atoms with van der Waals surface area (Å²) >= 11 is 0. The Bertz CT molecular complexity index is 163. The van der Waals surface area contributed by atoms with Crippen LogP contribution in [0.5, 0.6) is 0 Å².